The van der Waals surface area contributed by atoms with E-state index in [0.29, 0.717) is 18.5 Å². The number of aromatic hydroxyl groups is 1. The van der Waals surface area contributed by atoms with Gasteiger partial charge >= 0.3 is 0 Å². The lowest BCUT2D eigenvalue weighted by atomic mass is 10.1. The van der Waals surface area contributed by atoms with Crippen LogP contribution in [0.2, 0.25) is 36.3 Å². The van der Waals surface area contributed by atoms with Crippen LogP contribution in [0.15, 0.2) is 6.20 Å². The maximum Gasteiger partial charge on any atom is 0.192 e. The van der Waals surface area contributed by atoms with Crippen LogP contribution in [-0.4, -0.2) is 33.0 Å². The largest absolute Gasteiger partial charge is 0.505 e. The van der Waals surface area contributed by atoms with Gasteiger partial charge in [-0.3, -0.25) is 4.79 Å². The van der Waals surface area contributed by atoms with Crippen LogP contribution in [-0.2, 0) is 22.1 Å². The quantitative estimate of drug-likeness (QED) is 0.464. The number of pyridine rings is 1. The number of carbonyl (C=O) groups excluding carboxylic acids is 1. The van der Waals surface area contributed by atoms with Gasteiger partial charge in [0.25, 0.3) is 0 Å². The lowest BCUT2D eigenvalue weighted by Crippen LogP contribution is -2.41. The molecule has 0 saturated heterocycles. The zero-order valence-corrected chi connectivity index (χ0v) is 20.7. The van der Waals surface area contributed by atoms with Crippen molar-refractivity contribution in [1.82, 2.24) is 4.98 Å². The second-order valence-electron chi connectivity index (χ2n) is 10.2. The SMILES string of the molecule is CC(C)(C)[Si](C)(C)OCc1cnc(C=O)c(O)c1CO[Si](C)(C)C(C)(C)C. The average Bonchev–Trinajstić information content (AvgIpc) is 2.49. The van der Waals surface area contributed by atoms with Crippen molar-refractivity contribution in [1.29, 1.82) is 0 Å². The highest BCUT2D eigenvalue weighted by Gasteiger charge is 2.39. The van der Waals surface area contributed by atoms with Gasteiger partial charge in [-0.05, 0) is 36.3 Å². The van der Waals surface area contributed by atoms with Gasteiger partial charge in [-0.25, -0.2) is 4.98 Å². The molecule has 0 aliphatic carbocycles. The molecular weight excluding hydrogens is 374 g/mol. The predicted molar refractivity (Wildman–Crippen MR) is 115 cm³/mol. The molecule has 0 spiro atoms. The summed E-state index contributed by atoms with van der Waals surface area (Å²) in [5.41, 5.74) is 1.43. The Kier molecular flexibility index (Phi) is 7.25. The van der Waals surface area contributed by atoms with Crippen LogP contribution in [0.1, 0.15) is 63.2 Å². The predicted octanol–water partition coefficient (Wildman–Crippen LogP) is 5.64. The molecule has 0 fully saturated rings. The van der Waals surface area contributed by atoms with Gasteiger partial charge in [-0.15, -0.1) is 0 Å². The molecule has 0 atom stereocenters. The zero-order chi connectivity index (χ0) is 21.3. The summed E-state index contributed by atoms with van der Waals surface area (Å²) in [6, 6.07) is 0. The van der Waals surface area contributed by atoms with Crippen LogP contribution in [0.25, 0.3) is 0 Å². The minimum absolute atomic E-state index is 0.0416. The van der Waals surface area contributed by atoms with E-state index in [4.69, 9.17) is 8.85 Å². The van der Waals surface area contributed by atoms with E-state index in [9.17, 15) is 9.90 Å². The third-order valence-electron chi connectivity index (χ3n) is 6.17. The third-order valence-corrected chi connectivity index (χ3v) is 15.1. The van der Waals surface area contributed by atoms with Crippen molar-refractivity contribution in [2.45, 2.75) is 91.0 Å². The van der Waals surface area contributed by atoms with Crippen molar-refractivity contribution in [3.63, 3.8) is 0 Å². The molecule has 1 aromatic rings. The van der Waals surface area contributed by atoms with Crippen molar-refractivity contribution in [2.75, 3.05) is 0 Å². The Morgan fingerprint density at radius 2 is 1.41 bits per heavy atom. The molecule has 0 aromatic carbocycles. The molecule has 27 heavy (non-hydrogen) atoms. The molecule has 5 nitrogen and oxygen atoms in total. The number of carbonyl (C=O) groups is 1. The maximum atomic E-state index is 11.2. The number of hydrogen-bond donors (Lipinski definition) is 1. The first-order valence-corrected chi connectivity index (χ1v) is 15.3. The van der Waals surface area contributed by atoms with E-state index in [0.717, 1.165) is 5.56 Å². The Hall–Kier alpha value is -1.03. The second kappa shape index (κ2) is 8.15. The molecule has 0 aliphatic rings. The summed E-state index contributed by atoms with van der Waals surface area (Å²) in [7, 11) is -3.95. The lowest BCUT2D eigenvalue weighted by Gasteiger charge is -2.37. The number of aldehydes is 1. The van der Waals surface area contributed by atoms with E-state index >= 15 is 0 Å². The van der Waals surface area contributed by atoms with Crippen LogP contribution in [0, 0.1) is 0 Å². The third kappa shape index (κ3) is 5.73. The first-order valence-electron chi connectivity index (χ1n) is 9.46. The molecule has 0 radical (unpaired) electrons. The van der Waals surface area contributed by atoms with Crippen LogP contribution in [0.5, 0.6) is 5.75 Å². The van der Waals surface area contributed by atoms with Gasteiger partial charge < -0.3 is 14.0 Å². The second-order valence-corrected chi connectivity index (χ2v) is 19.8. The van der Waals surface area contributed by atoms with E-state index in [1.807, 2.05) is 0 Å². The van der Waals surface area contributed by atoms with Crippen LogP contribution < -0.4 is 0 Å². The summed E-state index contributed by atoms with van der Waals surface area (Å²) in [5, 5.41) is 10.7. The summed E-state index contributed by atoms with van der Waals surface area (Å²) in [6.45, 7) is 22.4. The molecule has 0 amide bonds. The molecule has 1 aromatic heterocycles. The van der Waals surface area contributed by atoms with Gasteiger partial charge in [0.05, 0.1) is 13.2 Å². The fraction of sp³-hybridized carbons (Fsp3) is 0.700. The van der Waals surface area contributed by atoms with Crippen molar-refractivity contribution in [3.8, 4) is 5.75 Å². The molecule has 0 bridgehead atoms. The molecule has 0 saturated carbocycles. The Balaban J connectivity index is 3.16. The van der Waals surface area contributed by atoms with Gasteiger partial charge in [-0.2, -0.15) is 0 Å². The van der Waals surface area contributed by atoms with Crippen molar-refractivity contribution in [3.05, 3.63) is 23.0 Å². The molecule has 7 heteroatoms. The minimum Gasteiger partial charge on any atom is -0.505 e. The molecule has 1 N–H and O–H groups in total. The summed E-state index contributed by atoms with van der Waals surface area (Å²) >= 11 is 0. The van der Waals surface area contributed by atoms with Gasteiger partial charge in [0.15, 0.2) is 22.9 Å². The molecule has 1 heterocycles. The molecular formula is C20H37NO4Si2. The molecule has 154 valence electrons. The van der Waals surface area contributed by atoms with E-state index in [1.54, 1.807) is 6.20 Å². The van der Waals surface area contributed by atoms with Crippen molar-refractivity contribution < 1.29 is 18.8 Å². The Morgan fingerprint density at radius 1 is 0.963 bits per heavy atom. The van der Waals surface area contributed by atoms with Gasteiger partial charge in [0.2, 0.25) is 0 Å². The van der Waals surface area contributed by atoms with Crippen molar-refractivity contribution in [2.24, 2.45) is 0 Å². The Morgan fingerprint density at radius 3 is 1.81 bits per heavy atom. The molecule has 0 aliphatic heterocycles. The van der Waals surface area contributed by atoms with E-state index in [2.05, 4.69) is 72.7 Å². The smallest absolute Gasteiger partial charge is 0.192 e. The fourth-order valence-electron chi connectivity index (χ4n) is 1.91. The fourth-order valence-corrected chi connectivity index (χ4v) is 3.80. The summed E-state index contributed by atoms with van der Waals surface area (Å²) in [4.78, 5) is 15.3. The Bertz CT molecular complexity index is 674. The molecule has 0 unspecified atom stereocenters. The molecule has 1 rings (SSSR count). The van der Waals surface area contributed by atoms with Gasteiger partial charge in [-0.1, -0.05) is 41.5 Å². The average molecular weight is 412 g/mol. The summed E-state index contributed by atoms with van der Waals surface area (Å²) < 4.78 is 12.6. The summed E-state index contributed by atoms with van der Waals surface area (Å²) in [6.07, 6.45) is 2.20. The summed E-state index contributed by atoms with van der Waals surface area (Å²) in [5.74, 6) is -0.0972. The van der Waals surface area contributed by atoms with Crippen LogP contribution in [0.4, 0.5) is 0 Å². The number of rotatable bonds is 7. The monoisotopic (exact) mass is 411 g/mol. The zero-order valence-electron chi connectivity index (χ0n) is 18.7. The normalized spacial score (nSPS) is 13.7. The first kappa shape index (κ1) is 24.0. The topological polar surface area (TPSA) is 68.7 Å². The Labute approximate surface area is 166 Å². The highest BCUT2D eigenvalue weighted by molar-refractivity contribution is 6.74. The minimum atomic E-state index is -2.00. The lowest BCUT2D eigenvalue weighted by molar-refractivity contribution is 0.111. The van der Waals surface area contributed by atoms with Crippen LogP contribution >= 0.6 is 0 Å². The first-order chi connectivity index (χ1) is 12.0. The van der Waals surface area contributed by atoms with Crippen LogP contribution in [0.3, 0.4) is 0 Å². The highest BCUT2D eigenvalue weighted by atomic mass is 28.4. The van der Waals surface area contributed by atoms with E-state index in [-0.39, 0.29) is 28.1 Å². The highest BCUT2D eigenvalue weighted by Crippen LogP contribution is 2.39. The van der Waals surface area contributed by atoms with Crippen molar-refractivity contribution >= 4 is 22.9 Å². The standard InChI is InChI=1S/C20H37NO4Si2/c1-19(2,3)26(7,8)24-13-15-11-21-17(12-22)18(23)16(15)14-25-27(9,10)20(4,5)6/h11-12,23H,13-14H2,1-10H3. The van der Waals surface area contributed by atoms with Gasteiger partial charge in [0.1, 0.15) is 11.4 Å². The number of nitrogens with zero attached hydrogens (tertiary/aromatic N) is 1. The number of hydrogen-bond acceptors (Lipinski definition) is 5. The van der Waals surface area contributed by atoms with E-state index < -0.39 is 16.6 Å². The number of aromatic nitrogens is 1. The van der Waals surface area contributed by atoms with Gasteiger partial charge in [0, 0.05) is 17.3 Å². The van der Waals surface area contributed by atoms with E-state index in [1.165, 1.54) is 0 Å². The maximum absolute atomic E-state index is 11.2.